The van der Waals surface area contributed by atoms with E-state index < -0.39 is 11.6 Å². The average Bonchev–Trinajstić information content (AvgIpc) is 2.27. The predicted octanol–water partition coefficient (Wildman–Crippen LogP) is 2.84. The molecule has 0 unspecified atom stereocenters. The molecule has 0 saturated carbocycles. The van der Waals surface area contributed by atoms with Gasteiger partial charge in [-0.25, -0.2) is 13.8 Å². The lowest BCUT2D eigenvalue weighted by Gasteiger charge is -2.08. The van der Waals surface area contributed by atoms with Crippen LogP contribution in [0.5, 0.6) is 0 Å². The van der Waals surface area contributed by atoms with Crippen LogP contribution >= 0.6 is 15.9 Å². The summed E-state index contributed by atoms with van der Waals surface area (Å²) in [6.07, 6.45) is 0.960. The molecule has 1 heterocycles. The van der Waals surface area contributed by atoms with Crippen LogP contribution in [0.15, 0.2) is 28.9 Å². The Hall–Kier alpha value is -1.76. The number of halogens is 3. The number of benzene rings is 1. The van der Waals surface area contributed by atoms with Crippen molar-refractivity contribution in [1.29, 1.82) is 0 Å². The van der Waals surface area contributed by atoms with Crippen molar-refractivity contribution >= 4 is 33.4 Å². The molecule has 0 atom stereocenters. The molecule has 2 rings (SSSR count). The van der Waals surface area contributed by atoms with Gasteiger partial charge in [-0.05, 0) is 34.1 Å². The molecule has 0 saturated heterocycles. The molecule has 0 radical (unpaired) electrons. The van der Waals surface area contributed by atoms with Crippen molar-refractivity contribution in [3.8, 4) is 0 Å². The highest BCUT2D eigenvalue weighted by Gasteiger charge is 2.08. The molecule has 0 amide bonds. The van der Waals surface area contributed by atoms with Crippen molar-refractivity contribution in [2.45, 2.75) is 0 Å². The Balaban J connectivity index is 2.34. The van der Waals surface area contributed by atoms with Crippen molar-refractivity contribution in [2.75, 3.05) is 11.1 Å². The molecule has 7 heteroatoms. The topological polar surface area (TPSA) is 63.8 Å². The van der Waals surface area contributed by atoms with E-state index >= 15 is 0 Å². The molecule has 1 aromatic heterocycles. The third-order valence-electron chi connectivity index (χ3n) is 1.95. The number of nitrogens with two attached hydrogens (primary N) is 1. The summed E-state index contributed by atoms with van der Waals surface area (Å²) in [6, 6.07) is 3.96. The molecule has 2 aromatic rings. The number of nitrogens with one attached hydrogen (secondary N) is 1. The molecule has 0 aliphatic rings. The fraction of sp³-hybridized carbons (Fsp3) is 0. The van der Waals surface area contributed by atoms with E-state index in [1.54, 1.807) is 0 Å². The minimum atomic E-state index is -0.643. The van der Waals surface area contributed by atoms with Gasteiger partial charge in [-0.15, -0.1) is 0 Å². The number of hydrogen-bond donors (Lipinski definition) is 2. The summed E-state index contributed by atoms with van der Waals surface area (Å²) < 4.78 is 26.6. The van der Waals surface area contributed by atoms with Gasteiger partial charge >= 0.3 is 0 Å². The normalized spacial score (nSPS) is 10.3. The van der Waals surface area contributed by atoms with Gasteiger partial charge in [-0.2, -0.15) is 4.98 Å². The van der Waals surface area contributed by atoms with Gasteiger partial charge in [0.1, 0.15) is 5.82 Å². The van der Waals surface area contributed by atoms with Gasteiger partial charge in [0.05, 0.1) is 11.9 Å². The van der Waals surface area contributed by atoms with Crippen molar-refractivity contribution in [2.24, 2.45) is 0 Å². The Morgan fingerprint density at radius 1 is 1.29 bits per heavy atom. The maximum atomic E-state index is 13.3. The van der Waals surface area contributed by atoms with E-state index in [1.807, 2.05) is 0 Å². The van der Waals surface area contributed by atoms with Crippen molar-refractivity contribution in [3.05, 3.63) is 40.5 Å². The third-order valence-corrected chi connectivity index (χ3v) is 2.60. The number of aromatic nitrogens is 2. The molecule has 0 aliphatic carbocycles. The molecule has 0 aliphatic heterocycles. The van der Waals surface area contributed by atoms with E-state index in [0.29, 0.717) is 10.2 Å². The Kier molecular flexibility index (Phi) is 3.19. The number of nitrogen functional groups attached to an aromatic ring is 1. The minimum absolute atomic E-state index is 0.0489. The second-order valence-electron chi connectivity index (χ2n) is 3.17. The maximum absolute atomic E-state index is 13.3. The van der Waals surface area contributed by atoms with Gasteiger partial charge in [-0.3, -0.25) is 0 Å². The van der Waals surface area contributed by atoms with Crippen molar-refractivity contribution in [3.63, 3.8) is 0 Å². The number of hydrogen-bond acceptors (Lipinski definition) is 4. The molecule has 17 heavy (non-hydrogen) atoms. The standard InChI is InChI=1S/C10H7BrF2N4/c11-6-3-5(12)1-2-8(6)16-9-7(13)4-15-10(14)17-9/h1-4H,(H3,14,15,16,17). The van der Waals surface area contributed by atoms with Gasteiger partial charge in [0.15, 0.2) is 11.6 Å². The lowest BCUT2D eigenvalue weighted by atomic mass is 10.3. The van der Waals surface area contributed by atoms with Crippen LogP contribution in [0.25, 0.3) is 0 Å². The highest BCUT2D eigenvalue weighted by Crippen LogP contribution is 2.26. The largest absolute Gasteiger partial charge is 0.368 e. The SMILES string of the molecule is Nc1ncc(F)c(Nc2ccc(F)cc2Br)n1. The van der Waals surface area contributed by atoms with Gasteiger partial charge < -0.3 is 11.1 Å². The number of anilines is 3. The first-order valence-electron chi connectivity index (χ1n) is 4.56. The Labute approximate surface area is 104 Å². The van der Waals surface area contributed by atoms with Crippen LogP contribution in [0.3, 0.4) is 0 Å². The van der Waals surface area contributed by atoms with Gasteiger partial charge in [0, 0.05) is 4.47 Å². The van der Waals surface area contributed by atoms with Crippen LogP contribution in [-0.2, 0) is 0 Å². The summed E-state index contributed by atoms with van der Waals surface area (Å²) in [5.41, 5.74) is 5.82. The van der Waals surface area contributed by atoms with Gasteiger partial charge in [0.25, 0.3) is 0 Å². The molecule has 88 valence electrons. The third kappa shape index (κ3) is 2.68. The molecule has 0 bridgehead atoms. The quantitative estimate of drug-likeness (QED) is 0.895. The monoisotopic (exact) mass is 300 g/mol. The Bertz CT molecular complexity index is 562. The second-order valence-corrected chi connectivity index (χ2v) is 4.03. The van der Waals surface area contributed by atoms with E-state index in [9.17, 15) is 8.78 Å². The van der Waals surface area contributed by atoms with Crippen molar-refractivity contribution < 1.29 is 8.78 Å². The first-order valence-corrected chi connectivity index (χ1v) is 5.35. The summed E-state index contributed by atoms with van der Waals surface area (Å²) in [7, 11) is 0. The molecule has 4 nitrogen and oxygen atoms in total. The number of nitrogens with zero attached hydrogens (tertiary/aromatic N) is 2. The fourth-order valence-electron chi connectivity index (χ4n) is 1.19. The van der Waals surface area contributed by atoms with E-state index in [-0.39, 0.29) is 11.8 Å². The van der Waals surface area contributed by atoms with Crippen molar-refractivity contribution in [1.82, 2.24) is 9.97 Å². The van der Waals surface area contributed by atoms with E-state index in [4.69, 9.17) is 5.73 Å². The summed E-state index contributed by atoms with van der Waals surface area (Å²) in [5, 5.41) is 2.69. The van der Waals surface area contributed by atoms with E-state index in [0.717, 1.165) is 6.20 Å². The lowest BCUT2D eigenvalue weighted by Crippen LogP contribution is -2.02. The van der Waals surface area contributed by atoms with Crippen LogP contribution in [-0.4, -0.2) is 9.97 Å². The van der Waals surface area contributed by atoms with E-state index in [2.05, 4.69) is 31.2 Å². The zero-order chi connectivity index (χ0) is 12.4. The molecular weight excluding hydrogens is 294 g/mol. The first-order chi connectivity index (χ1) is 8.06. The molecule has 1 aromatic carbocycles. The highest BCUT2D eigenvalue weighted by molar-refractivity contribution is 9.10. The van der Waals surface area contributed by atoms with Crippen LogP contribution in [0.2, 0.25) is 0 Å². The van der Waals surface area contributed by atoms with Gasteiger partial charge in [0.2, 0.25) is 5.95 Å². The molecule has 0 spiro atoms. The zero-order valence-electron chi connectivity index (χ0n) is 8.42. The highest BCUT2D eigenvalue weighted by atomic mass is 79.9. The summed E-state index contributed by atoms with van der Waals surface area (Å²) in [6.45, 7) is 0. The second kappa shape index (κ2) is 4.62. The predicted molar refractivity (Wildman–Crippen MR) is 63.8 cm³/mol. The number of rotatable bonds is 2. The zero-order valence-corrected chi connectivity index (χ0v) is 10.0. The molecular formula is C10H7BrF2N4. The average molecular weight is 301 g/mol. The fourth-order valence-corrected chi connectivity index (χ4v) is 1.64. The molecule has 0 fully saturated rings. The minimum Gasteiger partial charge on any atom is -0.368 e. The summed E-state index contributed by atoms with van der Waals surface area (Å²) in [4.78, 5) is 7.19. The van der Waals surface area contributed by atoms with Crippen LogP contribution in [0.1, 0.15) is 0 Å². The van der Waals surface area contributed by atoms with Crippen LogP contribution in [0.4, 0.5) is 26.2 Å². The Morgan fingerprint density at radius 3 is 2.76 bits per heavy atom. The van der Waals surface area contributed by atoms with Crippen LogP contribution < -0.4 is 11.1 Å². The van der Waals surface area contributed by atoms with Gasteiger partial charge in [-0.1, -0.05) is 0 Å². The lowest BCUT2D eigenvalue weighted by molar-refractivity contribution is 0.619. The first kappa shape index (κ1) is 11.7. The summed E-state index contributed by atoms with van der Waals surface area (Å²) in [5.74, 6) is -1.16. The van der Waals surface area contributed by atoms with Crippen LogP contribution in [0, 0.1) is 11.6 Å². The molecule has 3 N–H and O–H groups in total. The maximum Gasteiger partial charge on any atom is 0.222 e. The Morgan fingerprint density at radius 2 is 2.06 bits per heavy atom. The van der Waals surface area contributed by atoms with E-state index in [1.165, 1.54) is 18.2 Å². The summed E-state index contributed by atoms with van der Waals surface area (Å²) >= 11 is 3.15. The smallest absolute Gasteiger partial charge is 0.222 e.